The quantitative estimate of drug-likeness (QED) is 0.667. The Morgan fingerprint density at radius 3 is 2.75 bits per heavy atom. The van der Waals surface area contributed by atoms with Crippen molar-refractivity contribution in [2.45, 2.75) is 26.3 Å². The molecule has 0 aliphatic carbocycles. The highest BCUT2D eigenvalue weighted by molar-refractivity contribution is 5.74. The highest BCUT2D eigenvalue weighted by atomic mass is 16.2. The molecule has 70 valence electrons. The summed E-state index contributed by atoms with van der Waals surface area (Å²) in [6.07, 6.45) is 1.17. The van der Waals surface area contributed by atoms with Crippen molar-refractivity contribution >= 4 is 5.91 Å². The molecule has 0 bridgehead atoms. The maximum absolute atomic E-state index is 11.1. The van der Waals surface area contributed by atoms with E-state index in [1.165, 1.54) is 6.42 Å². The van der Waals surface area contributed by atoms with Crippen LogP contribution in [0.15, 0.2) is 0 Å². The van der Waals surface area contributed by atoms with Crippen LogP contribution in [0.3, 0.4) is 0 Å². The SMILES string of the molecule is CNCC(C)C1CCN1C(C)=O. The summed E-state index contributed by atoms with van der Waals surface area (Å²) in [4.78, 5) is 13.0. The van der Waals surface area contributed by atoms with E-state index in [9.17, 15) is 4.79 Å². The minimum atomic E-state index is 0.217. The Labute approximate surface area is 74.1 Å². The first-order valence-electron chi connectivity index (χ1n) is 4.58. The molecular formula is C9H18N2O. The lowest BCUT2D eigenvalue weighted by Crippen LogP contribution is -2.54. The zero-order chi connectivity index (χ0) is 9.14. The summed E-state index contributed by atoms with van der Waals surface area (Å²) in [7, 11) is 1.95. The summed E-state index contributed by atoms with van der Waals surface area (Å²) in [5.41, 5.74) is 0. The van der Waals surface area contributed by atoms with E-state index < -0.39 is 0 Å². The van der Waals surface area contributed by atoms with Crippen LogP contribution in [-0.4, -0.2) is 37.0 Å². The second kappa shape index (κ2) is 3.90. The molecule has 0 aromatic rings. The van der Waals surface area contributed by atoms with Crippen LogP contribution in [0.2, 0.25) is 0 Å². The van der Waals surface area contributed by atoms with Gasteiger partial charge < -0.3 is 10.2 Å². The molecule has 0 aromatic carbocycles. The Morgan fingerprint density at radius 1 is 1.75 bits per heavy atom. The average molecular weight is 170 g/mol. The molecule has 1 rings (SSSR count). The highest BCUT2D eigenvalue weighted by Crippen LogP contribution is 2.23. The van der Waals surface area contributed by atoms with Gasteiger partial charge in [-0.2, -0.15) is 0 Å². The van der Waals surface area contributed by atoms with Crippen molar-refractivity contribution in [3.63, 3.8) is 0 Å². The number of carbonyl (C=O) groups is 1. The molecule has 1 amide bonds. The number of nitrogens with one attached hydrogen (secondary N) is 1. The van der Waals surface area contributed by atoms with Crippen LogP contribution in [0.5, 0.6) is 0 Å². The van der Waals surface area contributed by atoms with Crippen LogP contribution >= 0.6 is 0 Å². The van der Waals surface area contributed by atoms with Gasteiger partial charge in [0.05, 0.1) is 0 Å². The number of hydrogen-bond acceptors (Lipinski definition) is 2. The van der Waals surface area contributed by atoms with E-state index in [1.807, 2.05) is 11.9 Å². The molecule has 0 spiro atoms. The number of nitrogens with zero attached hydrogens (tertiary/aromatic N) is 1. The van der Waals surface area contributed by atoms with Gasteiger partial charge in [0.15, 0.2) is 0 Å². The first-order valence-corrected chi connectivity index (χ1v) is 4.58. The summed E-state index contributed by atoms with van der Waals surface area (Å²) < 4.78 is 0. The Balaban J connectivity index is 2.37. The summed E-state index contributed by atoms with van der Waals surface area (Å²) in [5, 5.41) is 3.14. The largest absolute Gasteiger partial charge is 0.339 e. The van der Waals surface area contributed by atoms with Gasteiger partial charge in [-0.05, 0) is 25.9 Å². The Kier molecular flexibility index (Phi) is 3.09. The van der Waals surface area contributed by atoms with Gasteiger partial charge in [-0.1, -0.05) is 6.92 Å². The van der Waals surface area contributed by atoms with Crippen LogP contribution < -0.4 is 5.32 Å². The second-order valence-electron chi connectivity index (χ2n) is 3.60. The van der Waals surface area contributed by atoms with Gasteiger partial charge in [0.2, 0.25) is 5.91 Å². The van der Waals surface area contributed by atoms with E-state index in [1.54, 1.807) is 6.92 Å². The maximum Gasteiger partial charge on any atom is 0.219 e. The summed E-state index contributed by atoms with van der Waals surface area (Å²) >= 11 is 0. The van der Waals surface area contributed by atoms with Crippen molar-refractivity contribution < 1.29 is 4.79 Å². The van der Waals surface area contributed by atoms with E-state index in [4.69, 9.17) is 0 Å². The molecule has 1 heterocycles. The average Bonchev–Trinajstić information content (AvgIpc) is 1.82. The van der Waals surface area contributed by atoms with Gasteiger partial charge in [0.25, 0.3) is 0 Å². The fourth-order valence-corrected chi connectivity index (χ4v) is 1.85. The molecule has 0 saturated carbocycles. The van der Waals surface area contributed by atoms with Crippen LogP contribution in [0.25, 0.3) is 0 Å². The van der Waals surface area contributed by atoms with E-state index in [2.05, 4.69) is 12.2 Å². The fraction of sp³-hybridized carbons (Fsp3) is 0.889. The smallest absolute Gasteiger partial charge is 0.219 e. The van der Waals surface area contributed by atoms with Crippen molar-refractivity contribution in [3.8, 4) is 0 Å². The lowest BCUT2D eigenvalue weighted by molar-refractivity contribution is -0.138. The molecule has 12 heavy (non-hydrogen) atoms. The van der Waals surface area contributed by atoms with E-state index >= 15 is 0 Å². The molecule has 2 atom stereocenters. The third kappa shape index (κ3) is 1.78. The highest BCUT2D eigenvalue weighted by Gasteiger charge is 2.33. The molecule has 1 N–H and O–H groups in total. The summed E-state index contributed by atoms with van der Waals surface area (Å²) in [6.45, 7) is 5.79. The lowest BCUT2D eigenvalue weighted by atomic mass is 9.90. The van der Waals surface area contributed by atoms with Crippen molar-refractivity contribution in [2.24, 2.45) is 5.92 Å². The predicted molar refractivity (Wildman–Crippen MR) is 48.9 cm³/mol. The van der Waals surface area contributed by atoms with Gasteiger partial charge in [0.1, 0.15) is 0 Å². The minimum absolute atomic E-state index is 0.217. The normalized spacial score (nSPS) is 24.9. The summed E-state index contributed by atoms with van der Waals surface area (Å²) in [5.74, 6) is 0.793. The van der Waals surface area contributed by atoms with Crippen molar-refractivity contribution in [2.75, 3.05) is 20.1 Å². The molecule has 2 unspecified atom stereocenters. The van der Waals surface area contributed by atoms with Crippen molar-refractivity contribution in [1.82, 2.24) is 10.2 Å². The first-order chi connectivity index (χ1) is 5.66. The van der Waals surface area contributed by atoms with Crippen molar-refractivity contribution in [1.29, 1.82) is 0 Å². The Morgan fingerprint density at radius 2 is 2.42 bits per heavy atom. The molecule has 1 aliphatic rings. The second-order valence-corrected chi connectivity index (χ2v) is 3.60. The van der Waals surface area contributed by atoms with Gasteiger partial charge in [-0.25, -0.2) is 0 Å². The third-order valence-corrected chi connectivity index (χ3v) is 2.65. The first kappa shape index (κ1) is 9.52. The molecule has 1 saturated heterocycles. The topological polar surface area (TPSA) is 32.3 Å². The standard InChI is InChI=1S/C9H18N2O/c1-7(6-10-3)9-4-5-11(9)8(2)12/h7,9-10H,4-6H2,1-3H3. The van der Waals surface area contributed by atoms with Crippen LogP contribution in [0, 0.1) is 5.92 Å². The zero-order valence-electron chi connectivity index (χ0n) is 8.13. The third-order valence-electron chi connectivity index (χ3n) is 2.65. The molecule has 3 nitrogen and oxygen atoms in total. The molecular weight excluding hydrogens is 152 g/mol. The van der Waals surface area contributed by atoms with Crippen LogP contribution in [-0.2, 0) is 4.79 Å². The maximum atomic E-state index is 11.1. The van der Waals surface area contributed by atoms with Gasteiger partial charge in [0, 0.05) is 19.5 Å². The Hall–Kier alpha value is -0.570. The number of carbonyl (C=O) groups excluding carboxylic acids is 1. The Bertz CT molecular complexity index is 170. The van der Waals surface area contributed by atoms with Gasteiger partial charge in [-0.3, -0.25) is 4.79 Å². The van der Waals surface area contributed by atoms with Gasteiger partial charge >= 0.3 is 0 Å². The molecule has 3 heteroatoms. The van der Waals surface area contributed by atoms with E-state index in [0.29, 0.717) is 12.0 Å². The lowest BCUT2D eigenvalue weighted by Gasteiger charge is -2.44. The predicted octanol–water partition coefficient (Wildman–Crippen LogP) is 0.463. The zero-order valence-corrected chi connectivity index (χ0v) is 8.13. The molecule has 0 aromatic heterocycles. The number of likely N-dealkylation sites (tertiary alicyclic amines) is 1. The van der Waals surface area contributed by atoms with E-state index in [-0.39, 0.29) is 5.91 Å². The molecule has 0 radical (unpaired) electrons. The minimum Gasteiger partial charge on any atom is -0.339 e. The van der Waals surface area contributed by atoms with Crippen LogP contribution in [0.1, 0.15) is 20.3 Å². The van der Waals surface area contributed by atoms with E-state index in [0.717, 1.165) is 13.1 Å². The number of rotatable bonds is 3. The van der Waals surface area contributed by atoms with Gasteiger partial charge in [-0.15, -0.1) is 0 Å². The number of amides is 1. The van der Waals surface area contributed by atoms with Crippen molar-refractivity contribution in [3.05, 3.63) is 0 Å². The monoisotopic (exact) mass is 170 g/mol. The molecule has 1 fully saturated rings. The molecule has 1 aliphatic heterocycles. The summed E-state index contributed by atoms with van der Waals surface area (Å²) in [6, 6.07) is 0.481. The number of hydrogen-bond donors (Lipinski definition) is 1. The van der Waals surface area contributed by atoms with Crippen LogP contribution in [0.4, 0.5) is 0 Å². The fourth-order valence-electron chi connectivity index (χ4n) is 1.85.